The first-order valence-electron chi connectivity index (χ1n) is 7.54. The summed E-state index contributed by atoms with van der Waals surface area (Å²) in [6, 6.07) is 2.49. The molecule has 0 aromatic carbocycles. The predicted octanol–water partition coefficient (Wildman–Crippen LogP) is 3.40. The molecule has 1 unspecified atom stereocenters. The molecule has 0 amide bonds. The molecule has 1 aromatic rings. The largest absolute Gasteiger partial charge is 0.347 e. The van der Waals surface area contributed by atoms with Crippen molar-refractivity contribution in [3.05, 3.63) is 23.0 Å². The molecule has 1 saturated heterocycles. The van der Waals surface area contributed by atoms with Gasteiger partial charge in [-0.05, 0) is 52.8 Å². The van der Waals surface area contributed by atoms with Crippen molar-refractivity contribution in [1.82, 2.24) is 9.47 Å². The summed E-state index contributed by atoms with van der Waals surface area (Å²) in [6.45, 7) is 9.74. The molecule has 1 atom stereocenters. The summed E-state index contributed by atoms with van der Waals surface area (Å²) in [5.74, 6) is 0.0861. The van der Waals surface area contributed by atoms with Gasteiger partial charge < -0.3 is 4.57 Å². The van der Waals surface area contributed by atoms with E-state index in [1.807, 2.05) is 13.0 Å². The van der Waals surface area contributed by atoms with Gasteiger partial charge in [0.15, 0.2) is 5.78 Å². The molecule has 0 bridgehead atoms. The fraction of sp³-hybridized carbons (Fsp3) is 0.688. The Morgan fingerprint density at radius 2 is 1.95 bits per heavy atom. The summed E-state index contributed by atoms with van der Waals surface area (Å²) in [7, 11) is 0. The van der Waals surface area contributed by atoms with E-state index in [1.54, 1.807) is 0 Å². The molecule has 0 spiro atoms. The maximum absolute atomic E-state index is 11.8. The summed E-state index contributed by atoms with van der Waals surface area (Å²) in [6.07, 6.45) is 3.98. The van der Waals surface area contributed by atoms with Crippen LogP contribution in [0.15, 0.2) is 6.07 Å². The van der Waals surface area contributed by atoms with Gasteiger partial charge in [0.05, 0.1) is 5.88 Å². The third-order valence-corrected chi connectivity index (χ3v) is 4.70. The minimum Gasteiger partial charge on any atom is -0.347 e. The molecule has 112 valence electrons. The number of alkyl halides is 1. The van der Waals surface area contributed by atoms with E-state index in [0.717, 1.165) is 23.5 Å². The van der Waals surface area contributed by atoms with Crippen LogP contribution in [0.25, 0.3) is 0 Å². The second kappa shape index (κ2) is 6.77. The molecule has 2 heterocycles. The van der Waals surface area contributed by atoms with Crippen molar-refractivity contribution < 1.29 is 4.79 Å². The van der Waals surface area contributed by atoms with Crippen LogP contribution >= 0.6 is 11.6 Å². The maximum Gasteiger partial charge on any atom is 0.179 e. The molecule has 1 aliphatic heterocycles. The van der Waals surface area contributed by atoms with Crippen molar-refractivity contribution in [2.24, 2.45) is 0 Å². The monoisotopic (exact) mass is 296 g/mol. The van der Waals surface area contributed by atoms with E-state index in [4.69, 9.17) is 11.6 Å². The van der Waals surface area contributed by atoms with Crippen molar-refractivity contribution in [2.45, 2.75) is 52.6 Å². The zero-order chi connectivity index (χ0) is 14.7. The third-order valence-electron chi connectivity index (χ3n) is 4.46. The van der Waals surface area contributed by atoms with Crippen LogP contribution in [-0.4, -0.2) is 40.3 Å². The molecular weight excluding hydrogens is 272 g/mol. The van der Waals surface area contributed by atoms with E-state index in [2.05, 4.69) is 23.3 Å². The number of rotatable bonds is 5. The van der Waals surface area contributed by atoms with Gasteiger partial charge in [0.25, 0.3) is 0 Å². The van der Waals surface area contributed by atoms with Crippen LogP contribution in [0.5, 0.6) is 0 Å². The number of nitrogens with zero attached hydrogens (tertiary/aromatic N) is 2. The van der Waals surface area contributed by atoms with E-state index in [0.29, 0.717) is 6.04 Å². The van der Waals surface area contributed by atoms with Crippen molar-refractivity contribution >= 4 is 17.4 Å². The highest BCUT2D eigenvalue weighted by Gasteiger charge is 2.20. The molecule has 4 heteroatoms. The van der Waals surface area contributed by atoms with Gasteiger partial charge in [-0.2, -0.15) is 0 Å². The summed E-state index contributed by atoms with van der Waals surface area (Å²) in [5.41, 5.74) is 2.99. The van der Waals surface area contributed by atoms with E-state index in [9.17, 15) is 4.79 Å². The van der Waals surface area contributed by atoms with Crippen molar-refractivity contribution in [3.63, 3.8) is 0 Å². The van der Waals surface area contributed by atoms with E-state index in [1.165, 1.54) is 32.4 Å². The number of aromatic nitrogens is 1. The topological polar surface area (TPSA) is 25.2 Å². The number of likely N-dealkylation sites (tertiary alicyclic amines) is 1. The van der Waals surface area contributed by atoms with Gasteiger partial charge in [0.1, 0.15) is 0 Å². The number of carbonyl (C=O) groups excluding carboxylic acids is 1. The predicted molar refractivity (Wildman–Crippen MR) is 83.8 cm³/mol. The lowest BCUT2D eigenvalue weighted by Crippen LogP contribution is -2.40. The molecule has 20 heavy (non-hydrogen) atoms. The number of hydrogen-bond donors (Lipinski definition) is 0. The first-order chi connectivity index (χ1) is 9.54. The SMILES string of the molecule is Cc1cc(C(=O)CCl)c(C)n1CC(C)N1CCCCC1. The Bertz CT molecular complexity index is 475. The van der Waals surface area contributed by atoms with Crippen LogP contribution in [-0.2, 0) is 6.54 Å². The number of hydrogen-bond acceptors (Lipinski definition) is 2. The fourth-order valence-electron chi connectivity index (χ4n) is 3.18. The van der Waals surface area contributed by atoms with Crippen LogP contribution in [0.1, 0.15) is 47.9 Å². The molecule has 0 radical (unpaired) electrons. The lowest BCUT2D eigenvalue weighted by Gasteiger charge is -2.33. The average Bonchev–Trinajstić information content (AvgIpc) is 2.75. The number of Topliss-reactive ketones (excluding diaryl/α,β-unsaturated/α-hetero) is 1. The minimum atomic E-state index is 0.0247. The highest BCUT2D eigenvalue weighted by atomic mass is 35.5. The lowest BCUT2D eigenvalue weighted by molar-refractivity contribution is 0.102. The summed E-state index contributed by atoms with van der Waals surface area (Å²) in [4.78, 5) is 14.4. The van der Waals surface area contributed by atoms with Gasteiger partial charge in [0, 0.05) is 29.5 Å². The van der Waals surface area contributed by atoms with E-state index >= 15 is 0 Å². The van der Waals surface area contributed by atoms with Crippen LogP contribution < -0.4 is 0 Å². The molecular formula is C16H25ClN2O. The van der Waals surface area contributed by atoms with Gasteiger partial charge in [0.2, 0.25) is 0 Å². The van der Waals surface area contributed by atoms with Gasteiger partial charge in [-0.1, -0.05) is 6.42 Å². The van der Waals surface area contributed by atoms with Gasteiger partial charge in [-0.15, -0.1) is 11.6 Å². The smallest absolute Gasteiger partial charge is 0.179 e. The zero-order valence-electron chi connectivity index (χ0n) is 12.8. The Balaban J connectivity index is 2.12. The standard InChI is InChI=1S/C16H25ClN2O/c1-12-9-15(16(20)10-17)14(3)19(12)11-13(2)18-7-5-4-6-8-18/h9,13H,4-8,10-11H2,1-3H3. The Hall–Kier alpha value is -0.800. The van der Waals surface area contributed by atoms with Gasteiger partial charge in [-0.3, -0.25) is 9.69 Å². The molecule has 3 nitrogen and oxygen atoms in total. The molecule has 1 aromatic heterocycles. The summed E-state index contributed by atoms with van der Waals surface area (Å²) in [5, 5.41) is 0. The Morgan fingerprint density at radius 1 is 1.30 bits per heavy atom. The molecule has 2 rings (SSSR count). The number of carbonyl (C=O) groups is 1. The Kier molecular flexibility index (Phi) is 5.28. The van der Waals surface area contributed by atoms with Crippen molar-refractivity contribution in [3.8, 4) is 0 Å². The molecule has 0 N–H and O–H groups in total. The number of piperidine rings is 1. The normalized spacial score (nSPS) is 18.2. The molecule has 1 fully saturated rings. The second-order valence-corrected chi connectivity index (χ2v) is 6.17. The summed E-state index contributed by atoms with van der Waals surface area (Å²) >= 11 is 5.68. The van der Waals surface area contributed by atoms with Crippen LogP contribution in [0.2, 0.25) is 0 Å². The second-order valence-electron chi connectivity index (χ2n) is 5.90. The molecule has 0 saturated carbocycles. The first-order valence-corrected chi connectivity index (χ1v) is 8.08. The molecule has 0 aliphatic carbocycles. The Labute approximate surface area is 126 Å². The first kappa shape index (κ1) is 15.6. The van der Waals surface area contributed by atoms with Crippen molar-refractivity contribution in [1.29, 1.82) is 0 Å². The number of aryl methyl sites for hydroxylation is 1. The fourth-order valence-corrected chi connectivity index (χ4v) is 3.32. The van der Waals surface area contributed by atoms with E-state index < -0.39 is 0 Å². The maximum atomic E-state index is 11.8. The average molecular weight is 297 g/mol. The number of halogens is 1. The lowest BCUT2D eigenvalue weighted by atomic mass is 10.1. The van der Waals surface area contributed by atoms with Crippen LogP contribution in [0, 0.1) is 13.8 Å². The molecule has 1 aliphatic rings. The van der Waals surface area contributed by atoms with Crippen molar-refractivity contribution in [2.75, 3.05) is 19.0 Å². The van der Waals surface area contributed by atoms with Crippen LogP contribution in [0.3, 0.4) is 0 Å². The quantitative estimate of drug-likeness (QED) is 0.614. The minimum absolute atomic E-state index is 0.0247. The van der Waals surface area contributed by atoms with Gasteiger partial charge >= 0.3 is 0 Å². The zero-order valence-corrected chi connectivity index (χ0v) is 13.5. The highest BCUT2D eigenvalue weighted by molar-refractivity contribution is 6.30. The Morgan fingerprint density at radius 3 is 2.55 bits per heavy atom. The third kappa shape index (κ3) is 3.26. The van der Waals surface area contributed by atoms with Crippen LogP contribution in [0.4, 0.5) is 0 Å². The summed E-state index contributed by atoms with van der Waals surface area (Å²) < 4.78 is 2.26. The number of ketones is 1. The van der Waals surface area contributed by atoms with E-state index in [-0.39, 0.29) is 11.7 Å². The highest BCUT2D eigenvalue weighted by Crippen LogP contribution is 2.19. The van der Waals surface area contributed by atoms with Gasteiger partial charge in [-0.25, -0.2) is 0 Å².